The predicted octanol–water partition coefficient (Wildman–Crippen LogP) is 2.33. The zero-order valence-electron chi connectivity index (χ0n) is 12.6. The lowest BCUT2D eigenvalue weighted by Gasteiger charge is -2.35. The van der Waals surface area contributed by atoms with Gasteiger partial charge in [0.05, 0.1) is 13.7 Å². The van der Waals surface area contributed by atoms with E-state index in [1.807, 2.05) is 24.8 Å². The molecule has 1 amide bonds. The van der Waals surface area contributed by atoms with E-state index in [9.17, 15) is 4.79 Å². The molecule has 2 unspecified atom stereocenters. The molecule has 1 N–H and O–H groups in total. The van der Waals surface area contributed by atoms with Gasteiger partial charge in [-0.1, -0.05) is 6.07 Å². The van der Waals surface area contributed by atoms with Gasteiger partial charge in [-0.25, -0.2) is 0 Å². The molecule has 1 aromatic rings. The van der Waals surface area contributed by atoms with Gasteiger partial charge >= 0.3 is 0 Å². The number of nitrogens with zero attached hydrogens (tertiary/aromatic N) is 1. The third-order valence-corrected chi connectivity index (χ3v) is 5.47. The summed E-state index contributed by atoms with van der Waals surface area (Å²) in [7, 11) is 1.69. The van der Waals surface area contributed by atoms with Crippen molar-refractivity contribution in [1.82, 2.24) is 10.2 Å². The van der Waals surface area contributed by atoms with Crippen molar-refractivity contribution < 1.29 is 9.53 Å². The van der Waals surface area contributed by atoms with Crippen LogP contribution in [0.1, 0.15) is 30.1 Å². The Bertz CT molecular complexity index is 529. The molecule has 5 heteroatoms. The monoisotopic (exact) mass is 306 g/mol. The van der Waals surface area contributed by atoms with E-state index < -0.39 is 0 Å². The quantitative estimate of drug-likeness (QED) is 0.930. The van der Waals surface area contributed by atoms with Gasteiger partial charge < -0.3 is 9.64 Å². The standard InChI is InChI=1S/C16H22N2O2S/c1-11-8-12(5-6-14(11)20-2)16-17-9-15(19)18(16)13-4-3-7-21-10-13/h5-6,8,13,16-17H,3-4,7,9-10H2,1-2H3. The van der Waals surface area contributed by atoms with Crippen molar-refractivity contribution in [3.05, 3.63) is 29.3 Å². The summed E-state index contributed by atoms with van der Waals surface area (Å²) in [5, 5.41) is 3.36. The van der Waals surface area contributed by atoms with Crippen LogP contribution >= 0.6 is 11.8 Å². The minimum Gasteiger partial charge on any atom is -0.496 e. The topological polar surface area (TPSA) is 41.6 Å². The fourth-order valence-electron chi connectivity index (χ4n) is 3.23. The Kier molecular flexibility index (Phi) is 4.40. The first-order valence-electron chi connectivity index (χ1n) is 7.47. The first kappa shape index (κ1) is 14.7. The summed E-state index contributed by atoms with van der Waals surface area (Å²) in [6.07, 6.45) is 2.32. The number of hydrogen-bond donors (Lipinski definition) is 1. The molecule has 2 heterocycles. The molecule has 4 nitrogen and oxygen atoms in total. The van der Waals surface area contributed by atoms with Crippen molar-refractivity contribution in [2.24, 2.45) is 0 Å². The Morgan fingerprint density at radius 2 is 2.29 bits per heavy atom. The SMILES string of the molecule is COc1ccc(C2NCC(=O)N2C2CCCSC2)cc1C. The molecule has 2 fully saturated rings. The van der Waals surface area contributed by atoms with E-state index >= 15 is 0 Å². The Balaban J connectivity index is 1.85. The van der Waals surface area contributed by atoms with Crippen molar-refractivity contribution in [3.8, 4) is 5.75 Å². The van der Waals surface area contributed by atoms with Crippen molar-refractivity contribution >= 4 is 17.7 Å². The van der Waals surface area contributed by atoms with Gasteiger partial charge in [-0.3, -0.25) is 10.1 Å². The summed E-state index contributed by atoms with van der Waals surface area (Å²) in [5.41, 5.74) is 2.25. The average Bonchev–Trinajstić information content (AvgIpc) is 2.90. The first-order chi connectivity index (χ1) is 10.2. The van der Waals surface area contributed by atoms with E-state index in [2.05, 4.69) is 22.3 Å². The number of amides is 1. The molecule has 1 aromatic carbocycles. The molecule has 0 spiro atoms. The fourth-order valence-corrected chi connectivity index (χ4v) is 4.36. The highest BCUT2D eigenvalue weighted by atomic mass is 32.2. The van der Waals surface area contributed by atoms with Crippen molar-refractivity contribution in [2.75, 3.05) is 25.2 Å². The lowest BCUT2D eigenvalue weighted by Crippen LogP contribution is -2.42. The van der Waals surface area contributed by atoms with Gasteiger partial charge in [-0.05, 0) is 48.8 Å². The van der Waals surface area contributed by atoms with Crippen molar-refractivity contribution in [3.63, 3.8) is 0 Å². The van der Waals surface area contributed by atoms with E-state index in [0.29, 0.717) is 12.6 Å². The van der Waals surface area contributed by atoms with E-state index in [4.69, 9.17) is 4.74 Å². The number of carbonyl (C=O) groups is 1. The van der Waals surface area contributed by atoms with Crippen LogP contribution in [0.4, 0.5) is 0 Å². The molecule has 3 rings (SSSR count). The molecule has 2 aliphatic rings. The molecule has 114 valence electrons. The van der Waals surface area contributed by atoms with Gasteiger partial charge in [-0.15, -0.1) is 0 Å². The summed E-state index contributed by atoms with van der Waals surface area (Å²) in [6.45, 7) is 2.48. The zero-order chi connectivity index (χ0) is 14.8. The molecular formula is C16H22N2O2S. The minimum absolute atomic E-state index is 0.00538. The second-order valence-electron chi connectivity index (χ2n) is 5.68. The highest BCUT2D eigenvalue weighted by Gasteiger charge is 2.37. The number of aryl methyl sites for hydroxylation is 1. The fraction of sp³-hybridized carbons (Fsp3) is 0.562. The molecule has 0 aliphatic carbocycles. The summed E-state index contributed by atoms with van der Waals surface area (Å²) in [6, 6.07) is 6.53. The van der Waals surface area contributed by atoms with Crippen molar-refractivity contribution in [1.29, 1.82) is 0 Å². The minimum atomic E-state index is 0.00538. The summed E-state index contributed by atoms with van der Waals surface area (Å²) in [4.78, 5) is 14.4. The molecule has 2 aliphatic heterocycles. The van der Waals surface area contributed by atoms with E-state index in [0.717, 1.165) is 29.1 Å². The average molecular weight is 306 g/mol. The van der Waals surface area contributed by atoms with Crippen LogP contribution < -0.4 is 10.1 Å². The number of hydrogen-bond acceptors (Lipinski definition) is 4. The van der Waals surface area contributed by atoms with Crippen LogP contribution in [0, 0.1) is 6.92 Å². The Labute approximate surface area is 130 Å². The largest absolute Gasteiger partial charge is 0.496 e. The van der Waals surface area contributed by atoms with Gasteiger partial charge in [0.25, 0.3) is 0 Å². The van der Waals surface area contributed by atoms with Crippen LogP contribution in [0.15, 0.2) is 18.2 Å². The van der Waals surface area contributed by atoms with E-state index in [-0.39, 0.29) is 12.1 Å². The molecule has 0 saturated carbocycles. The van der Waals surface area contributed by atoms with Crippen LogP contribution in [-0.4, -0.2) is 42.0 Å². The van der Waals surface area contributed by atoms with Crippen LogP contribution in [0.3, 0.4) is 0 Å². The van der Waals surface area contributed by atoms with Gasteiger partial charge in [0, 0.05) is 11.8 Å². The summed E-state index contributed by atoms with van der Waals surface area (Å²) >= 11 is 1.96. The maximum atomic E-state index is 12.3. The Hall–Kier alpha value is -1.20. The number of ether oxygens (including phenoxy) is 1. The van der Waals surface area contributed by atoms with Gasteiger partial charge in [0.2, 0.25) is 5.91 Å². The highest BCUT2D eigenvalue weighted by molar-refractivity contribution is 7.99. The Morgan fingerprint density at radius 1 is 1.43 bits per heavy atom. The van der Waals surface area contributed by atoms with Crippen LogP contribution in [0.2, 0.25) is 0 Å². The number of thioether (sulfide) groups is 1. The molecular weight excluding hydrogens is 284 g/mol. The zero-order valence-corrected chi connectivity index (χ0v) is 13.4. The van der Waals surface area contributed by atoms with Crippen LogP contribution in [-0.2, 0) is 4.79 Å². The molecule has 2 atom stereocenters. The van der Waals surface area contributed by atoms with Gasteiger partial charge in [0.1, 0.15) is 11.9 Å². The number of nitrogens with one attached hydrogen (secondary N) is 1. The summed E-state index contributed by atoms with van der Waals surface area (Å²) in [5.74, 6) is 3.39. The number of methoxy groups -OCH3 is 1. The molecule has 0 aromatic heterocycles. The van der Waals surface area contributed by atoms with E-state index in [1.165, 1.54) is 12.2 Å². The summed E-state index contributed by atoms with van der Waals surface area (Å²) < 4.78 is 5.32. The maximum Gasteiger partial charge on any atom is 0.238 e. The van der Waals surface area contributed by atoms with Crippen LogP contribution in [0.5, 0.6) is 5.75 Å². The normalized spacial score (nSPS) is 26.2. The lowest BCUT2D eigenvalue weighted by atomic mass is 10.1. The molecule has 0 bridgehead atoms. The highest BCUT2D eigenvalue weighted by Crippen LogP contribution is 2.32. The Morgan fingerprint density at radius 3 is 2.95 bits per heavy atom. The predicted molar refractivity (Wildman–Crippen MR) is 85.7 cm³/mol. The maximum absolute atomic E-state index is 12.3. The second kappa shape index (κ2) is 6.28. The van der Waals surface area contributed by atoms with Gasteiger partial charge in [-0.2, -0.15) is 11.8 Å². The number of carbonyl (C=O) groups excluding carboxylic acids is 1. The van der Waals surface area contributed by atoms with Crippen LogP contribution in [0.25, 0.3) is 0 Å². The first-order valence-corrected chi connectivity index (χ1v) is 8.63. The molecule has 2 saturated heterocycles. The number of benzene rings is 1. The third-order valence-electron chi connectivity index (χ3n) is 4.28. The molecule has 0 radical (unpaired) electrons. The van der Waals surface area contributed by atoms with Crippen molar-refractivity contribution in [2.45, 2.75) is 32.0 Å². The third kappa shape index (κ3) is 2.90. The second-order valence-corrected chi connectivity index (χ2v) is 6.83. The lowest BCUT2D eigenvalue weighted by molar-refractivity contribution is -0.130. The smallest absolute Gasteiger partial charge is 0.238 e. The van der Waals surface area contributed by atoms with Gasteiger partial charge in [0.15, 0.2) is 0 Å². The number of rotatable bonds is 3. The van der Waals surface area contributed by atoms with E-state index in [1.54, 1.807) is 7.11 Å². The molecule has 21 heavy (non-hydrogen) atoms.